The van der Waals surface area contributed by atoms with Gasteiger partial charge in [0.1, 0.15) is 5.60 Å². The van der Waals surface area contributed by atoms with E-state index in [9.17, 15) is 9.59 Å². The smallest absolute Gasteiger partial charge is 0.410 e. The maximum absolute atomic E-state index is 12.6. The van der Waals surface area contributed by atoms with Crippen LogP contribution in [0.25, 0.3) is 0 Å². The first-order chi connectivity index (χ1) is 15.2. The van der Waals surface area contributed by atoms with Gasteiger partial charge < -0.3 is 15.0 Å². The standard InChI is InChI=1S/C21H31N7O3S/c1-15(32-19-24-25-26-28(19)17-8-9-17)18(29)23-11-6-12-27(20(30)31-21(2,3)4)14-16-7-5-10-22-13-16/h5,7,10,13,15,17H,6,8-9,11-12,14H2,1-4H3,(H,23,29). The van der Waals surface area contributed by atoms with Crippen molar-refractivity contribution in [2.45, 2.75) is 75.6 Å². The molecule has 10 nitrogen and oxygen atoms in total. The minimum absolute atomic E-state index is 0.0866. The van der Waals surface area contributed by atoms with Gasteiger partial charge >= 0.3 is 6.09 Å². The lowest BCUT2D eigenvalue weighted by Gasteiger charge is -2.27. The minimum Gasteiger partial charge on any atom is -0.444 e. The Morgan fingerprint density at radius 3 is 2.81 bits per heavy atom. The molecule has 1 saturated carbocycles. The summed E-state index contributed by atoms with van der Waals surface area (Å²) in [6.07, 6.45) is 5.79. The predicted octanol–water partition coefficient (Wildman–Crippen LogP) is 2.83. The molecule has 0 spiro atoms. The van der Waals surface area contributed by atoms with Gasteiger partial charge in [0.25, 0.3) is 0 Å². The molecule has 0 aromatic carbocycles. The molecule has 2 aromatic rings. The van der Waals surface area contributed by atoms with Crippen LogP contribution in [0.4, 0.5) is 4.79 Å². The van der Waals surface area contributed by atoms with Crippen molar-refractivity contribution in [3.05, 3.63) is 30.1 Å². The Balaban J connectivity index is 1.47. The number of aromatic nitrogens is 5. The van der Waals surface area contributed by atoms with Crippen molar-refractivity contribution in [3.8, 4) is 0 Å². The van der Waals surface area contributed by atoms with Crippen molar-refractivity contribution in [3.63, 3.8) is 0 Å². The number of pyridine rings is 1. The Labute approximate surface area is 192 Å². The number of ether oxygens (including phenoxy) is 1. The van der Waals surface area contributed by atoms with Crippen molar-refractivity contribution in [2.75, 3.05) is 13.1 Å². The summed E-state index contributed by atoms with van der Waals surface area (Å²) in [6.45, 7) is 8.65. The number of hydrogen-bond donors (Lipinski definition) is 1. The van der Waals surface area contributed by atoms with E-state index in [-0.39, 0.29) is 17.3 Å². The molecule has 2 heterocycles. The zero-order valence-corrected chi connectivity index (χ0v) is 19.8. The van der Waals surface area contributed by atoms with Gasteiger partial charge in [-0.2, -0.15) is 0 Å². The summed E-state index contributed by atoms with van der Waals surface area (Å²) in [6, 6.07) is 4.11. The monoisotopic (exact) mass is 461 g/mol. The lowest BCUT2D eigenvalue weighted by atomic mass is 10.2. The van der Waals surface area contributed by atoms with E-state index in [1.165, 1.54) is 11.8 Å². The average Bonchev–Trinajstić information content (AvgIpc) is 3.48. The third-order valence-corrected chi connectivity index (χ3v) is 5.71. The molecule has 3 rings (SSSR count). The van der Waals surface area contributed by atoms with E-state index in [4.69, 9.17) is 4.74 Å². The van der Waals surface area contributed by atoms with Gasteiger partial charge in [-0.15, -0.1) is 5.10 Å². The van der Waals surface area contributed by atoms with Crippen LogP contribution in [0.15, 0.2) is 29.7 Å². The van der Waals surface area contributed by atoms with Gasteiger partial charge in [-0.25, -0.2) is 9.48 Å². The number of tetrazole rings is 1. The molecular formula is C21H31N7O3S. The third-order valence-electron chi connectivity index (χ3n) is 4.66. The molecule has 1 N–H and O–H groups in total. The zero-order chi connectivity index (χ0) is 23.1. The highest BCUT2D eigenvalue weighted by Gasteiger charge is 2.29. The van der Waals surface area contributed by atoms with Crippen LogP contribution in [-0.2, 0) is 16.1 Å². The first-order valence-electron chi connectivity index (χ1n) is 10.8. The first kappa shape index (κ1) is 24.0. The summed E-state index contributed by atoms with van der Waals surface area (Å²) >= 11 is 1.35. The molecule has 0 radical (unpaired) electrons. The van der Waals surface area contributed by atoms with E-state index in [0.717, 1.165) is 18.4 Å². The molecule has 2 aromatic heterocycles. The van der Waals surface area contributed by atoms with Crippen molar-refractivity contribution < 1.29 is 14.3 Å². The normalized spacial score (nSPS) is 14.6. The average molecular weight is 462 g/mol. The molecule has 11 heteroatoms. The van der Waals surface area contributed by atoms with E-state index in [1.54, 1.807) is 22.0 Å². The molecule has 0 saturated heterocycles. The molecule has 174 valence electrons. The SMILES string of the molecule is CC(Sc1nnnn1C1CC1)C(=O)NCCCN(Cc1cccnc1)C(=O)OC(C)(C)C. The summed E-state index contributed by atoms with van der Waals surface area (Å²) in [5.41, 5.74) is 0.335. The zero-order valence-electron chi connectivity index (χ0n) is 19.0. The van der Waals surface area contributed by atoms with Gasteiger partial charge in [-0.3, -0.25) is 9.78 Å². The third kappa shape index (κ3) is 7.47. The maximum Gasteiger partial charge on any atom is 0.410 e. The largest absolute Gasteiger partial charge is 0.444 e. The quantitative estimate of drug-likeness (QED) is 0.424. The van der Waals surface area contributed by atoms with Gasteiger partial charge in [0.2, 0.25) is 11.1 Å². The Bertz CT molecular complexity index is 896. The summed E-state index contributed by atoms with van der Waals surface area (Å²) in [5, 5.41) is 15.0. The molecule has 1 aliphatic carbocycles. The molecular weight excluding hydrogens is 430 g/mol. The molecule has 1 atom stereocenters. The second kappa shape index (κ2) is 10.8. The molecule has 1 unspecified atom stereocenters. The summed E-state index contributed by atoms with van der Waals surface area (Å²) in [4.78, 5) is 30.9. The highest BCUT2D eigenvalue weighted by Crippen LogP contribution is 2.37. The number of nitrogens with one attached hydrogen (secondary N) is 1. The van der Waals surface area contributed by atoms with Crippen LogP contribution >= 0.6 is 11.8 Å². The highest BCUT2D eigenvalue weighted by atomic mass is 32.2. The number of amides is 2. The van der Waals surface area contributed by atoms with Gasteiger partial charge in [0.15, 0.2) is 0 Å². The summed E-state index contributed by atoms with van der Waals surface area (Å²) < 4.78 is 7.33. The fourth-order valence-electron chi connectivity index (χ4n) is 2.92. The minimum atomic E-state index is -0.582. The Hall–Kier alpha value is -2.69. The van der Waals surface area contributed by atoms with E-state index < -0.39 is 5.60 Å². The number of rotatable bonds is 10. The van der Waals surface area contributed by atoms with Crippen LogP contribution in [0.1, 0.15) is 58.6 Å². The second-order valence-corrected chi connectivity index (χ2v) is 10.1. The van der Waals surface area contributed by atoms with Crippen molar-refractivity contribution in [2.24, 2.45) is 0 Å². The van der Waals surface area contributed by atoms with Crippen molar-refractivity contribution >= 4 is 23.8 Å². The van der Waals surface area contributed by atoms with E-state index in [1.807, 2.05) is 39.8 Å². The van der Waals surface area contributed by atoms with Crippen LogP contribution < -0.4 is 5.32 Å². The maximum atomic E-state index is 12.6. The first-order valence-corrected chi connectivity index (χ1v) is 11.7. The molecule has 32 heavy (non-hydrogen) atoms. The van der Waals surface area contributed by atoms with Gasteiger partial charge in [0, 0.05) is 25.5 Å². The fourth-order valence-corrected chi connectivity index (χ4v) is 3.81. The lowest BCUT2D eigenvalue weighted by Crippen LogP contribution is -2.39. The Kier molecular flexibility index (Phi) is 8.05. The van der Waals surface area contributed by atoms with Crippen LogP contribution in [0.3, 0.4) is 0 Å². The van der Waals surface area contributed by atoms with Gasteiger partial charge in [-0.05, 0) is 69.0 Å². The van der Waals surface area contributed by atoms with E-state index in [0.29, 0.717) is 37.3 Å². The summed E-state index contributed by atoms with van der Waals surface area (Å²) in [5.74, 6) is -0.0866. The van der Waals surface area contributed by atoms with Crippen molar-refractivity contribution in [1.29, 1.82) is 0 Å². The molecule has 1 fully saturated rings. The summed E-state index contributed by atoms with van der Waals surface area (Å²) in [7, 11) is 0. The number of carbonyl (C=O) groups excluding carboxylic acids is 2. The second-order valence-electron chi connectivity index (χ2n) is 8.81. The van der Waals surface area contributed by atoms with Gasteiger partial charge in [0.05, 0.1) is 17.8 Å². The van der Waals surface area contributed by atoms with E-state index >= 15 is 0 Å². The Morgan fingerprint density at radius 1 is 1.38 bits per heavy atom. The predicted molar refractivity (Wildman–Crippen MR) is 120 cm³/mol. The topological polar surface area (TPSA) is 115 Å². The number of hydrogen-bond acceptors (Lipinski definition) is 8. The fraction of sp³-hybridized carbons (Fsp3) is 0.619. The highest BCUT2D eigenvalue weighted by molar-refractivity contribution is 8.00. The van der Waals surface area contributed by atoms with Gasteiger partial charge in [-0.1, -0.05) is 17.8 Å². The number of nitrogens with zero attached hydrogens (tertiary/aromatic N) is 6. The van der Waals surface area contributed by atoms with Crippen molar-refractivity contribution in [1.82, 2.24) is 35.4 Å². The molecule has 0 aliphatic heterocycles. The number of thioether (sulfide) groups is 1. The Morgan fingerprint density at radius 2 is 2.16 bits per heavy atom. The lowest BCUT2D eigenvalue weighted by molar-refractivity contribution is -0.120. The van der Waals surface area contributed by atoms with Crippen LogP contribution in [0.2, 0.25) is 0 Å². The molecule has 1 aliphatic rings. The van der Waals surface area contributed by atoms with E-state index in [2.05, 4.69) is 25.8 Å². The number of carbonyl (C=O) groups is 2. The van der Waals surface area contributed by atoms with Crippen LogP contribution in [0.5, 0.6) is 0 Å². The van der Waals surface area contributed by atoms with Crippen LogP contribution in [-0.4, -0.2) is 66.0 Å². The molecule has 2 amide bonds. The molecule has 0 bridgehead atoms. The van der Waals surface area contributed by atoms with Crippen LogP contribution in [0, 0.1) is 0 Å².